The van der Waals surface area contributed by atoms with E-state index in [1.165, 1.54) is 17.5 Å². The van der Waals surface area contributed by atoms with Crippen LogP contribution in [0.5, 0.6) is 5.75 Å². The molecule has 2 aromatic heterocycles. The van der Waals surface area contributed by atoms with Crippen LogP contribution in [0.2, 0.25) is 5.02 Å². The summed E-state index contributed by atoms with van der Waals surface area (Å²) in [5, 5.41) is 19.8. The van der Waals surface area contributed by atoms with Gasteiger partial charge < -0.3 is 14.8 Å². The third kappa shape index (κ3) is 5.15. The molecule has 2 heterocycles. The molecule has 0 bridgehead atoms. The maximum absolute atomic E-state index is 13.5. The van der Waals surface area contributed by atoms with Crippen LogP contribution in [0.1, 0.15) is 34.7 Å². The molecule has 11 nitrogen and oxygen atoms in total. The molecule has 4 rings (SSSR count). The zero-order valence-electron chi connectivity index (χ0n) is 19.5. The van der Waals surface area contributed by atoms with E-state index in [0.717, 1.165) is 22.1 Å². The molecule has 13 heteroatoms. The van der Waals surface area contributed by atoms with Crippen molar-refractivity contribution in [2.75, 3.05) is 18.5 Å². The van der Waals surface area contributed by atoms with Crippen LogP contribution in [-0.2, 0) is 4.74 Å². The van der Waals surface area contributed by atoms with Crippen LogP contribution in [-0.4, -0.2) is 39.8 Å². The third-order valence-corrected chi connectivity index (χ3v) is 6.36. The number of benzene rings is 2. The second-order valence-electron chi connectivity index (χ2n) is 7.44. The molecule has 0 aliphatic carbocycles. The molecular formula is C24H19ClN4O7S. The second-order valence-corrected chi connectivity index (χ2v) is 8.73. The fourth-order valence-corrected chi connectivity index (χ4v) is 4.60. The lowest BCUT2D eigenvalue weighted by Gasteiger charge is -2.11. The Morgan fingerprint density at radius 2 is 1.89 bits per heavy atom. The van der Waals surface area contributed by atoms with Gasteiger partial charge in [-0.1, -0.05) is 11.6 Å². The Morgan fingerprint density at radius 1 is 1.16 bits per heavy atom. The Bertz CT molecular complexity index is 1580. The maximum Gasteiger partial charge on any atom is 0.359 e. The summed E-state index contributed by atoms with van der Waals surface area (Å²) in [7, 11) is 0. The third-order valence-electron chi connectivity index (χ3n) is 5.15. The molecule has 190 valence electrons. The number of aromatic nitrogens is 2. The predicted octanol–water partition coefficient (Wildman–Crippen LogP) is 4.84. The number of fused-ring (bicyclic) bond motifs is 1. The fourth-order valence-electron chi connectivity index (χ4n) is 3.49. The number of ether oxygens (including phenoxy) is 2. The lowest BCUT2D eigenvalue weighted by atomic mass is 10.2. The van der Waals surface area contributed by atoms with Gasteiger partial charge in [0.2, 0.25) is 0 Å². The number of carbonyl (C=O) groups is 2. The highest BCUT2D eigenvalue weighted by molar-refractivity contribution is 7.16. The average molecular weight is 543 g/mol. The number of nitro groups is 1. The molecule has 0 aliphatic rings. The Kier molecular flexibility index (Phi) is 7.50. The number of amides is 1. The summed E-state index contributed by atoms with van der Waals surface area (Å²) in [4.78, 5) is 49.7. The fraction of sp³-hybridized carbons (Fsp3) is 0.167. The molecule has 0 saturated carbocycles. The maximum atomic E-state index is 13.5. The number of hydrogen-bond donors (Lipinski definition) is 1. The van der Waals surface area contributed by atoms with E-state index < -0.39 is 28.0 Å². The minimum Gasteiger partial charge on any atom is -0.494 e. The quantitative estimate of drug-likeness (QED) is 0.189. The first-order valence-electron chi connectivity index (χ1n) is 10.9. The van der Waals surface area contributed by atoms with Crippen molar-refractivity contribution >= 4 is 56.3 Å². The van der Waals surface area contributed by atoms with Crippen molar-refractivity contribution in [1.29, 1.82) is 0 Å². The van der Waals surface area contributed by atoms with Gasteiger partial charge in [0, 0.05) is 22.4 Å². The number of rotatable bonds is 8. The van der Waals surface area contributed by atoms with Gasteiger partial charge >= 0.3 is 5.97 Å². The molecule has 1 N–H and O–H groups in total. The van der Waals surface area contributed by atoms with E-state index in [-0.39, 0.29) is 38.7 Å². The minimum absolute atomic E-state index is 0.0359. The molecule has 0 aliphatic heterocycles. The molecular weight excluding hydrogens is 524 g/mol. The van der Waals surface area contributed by atoms with Crippen LogP contribution in [0.4, 0.5) is 10.7 Å². The first-order valence-corrected chi connectivity index (χ1v) is 12.2. The molecule has 0 saturated heterocycles. The van der Waals surface area contributed by atoms with Gasteiger partial charge in [-0.05, 0) is 50.2 Å². The van der Waals surface area contributed by atoms with Crippen molar-refractivity contribution in [3.63, 3.8) is 0 Å². The van der Waals surface area contributed by atoms with E-state index >= 15 is 0 Å². The van der Waals surface area contributed by atoms with Crippen molar-refractivity contribution in [3.05, 3.63) is 84.6 Å². The van der Waals surface area contributed by atoms with Gasteiger partial charge in [0.15, 0.2) is 5.69 Å². The summed E-state index contributed by atoms with van der Waals surface area (Å²) < 4.78 is 11.6. The van der Waals surface area contributed by atoms with E-state index in [4.69, 9.17) is 21.1 Å². The number of nitrogens with one attached hydrogen (secondary N) is 1. The number of anilines is 1. The van der Waals surface area contributed by atoms with E-state index in [9.17, 15) is 24.5 Å². The number of nitro benzene ring substituents is 1. The highest BCUT2D eigenvalue weighted by Crippen LogP contribution is 2.32. The summed E-state index contributed by atoms with van der Waals surface area (Å²) in [5.74, 6) is -0.854. The Labute approximate surface area is 218 Å². The normalized spacial score (nSPS) is 10.8. The lowest BCUT2D eigenvalue weighted by Crippen LogP contribution is -2.25. The number of esters is 1. The average Bonchev–Trinajstić information content (AvgIpc) is 3.29. The number of hydrogen-bond acceptors (Lipinski definition) is 9. The molecule has 0 spiro atoms. The van der Waals surface area contributed by atoms with E-state index in [1.807, 2.05) is 6.92 Å². The standard InChI is InChI=1S/C24H19ClN4O7S/c1-3-35-15-8-6-14(7-9-15)28-23(31)19-16(20(27-28)24(32)36-4-2)12-37-22(19)26-21(30)13-5-10-17(25)18(11-13)29(33)34/h5-12H,3-4H2,1-2H3,(H,26,30). The predicted molar refractivity (Wildman–Crippen MR) is 138 cm³/mol. The van der Waals surface area contributed by atoms with Crippen LogP contribution in [0.15, 0.2) is 52.6 Å². The van der Waals surface area contributed by atoms with Crippen LogP contribution in [0.3, 0.4) is 0 Å². The topological polar surface area (TPSA) is 143 Å². The molecule has 0 radical (unpaired) electrons. The minimum atomic E-state index is -0.740. The highest BCUT2D eigenvalue weighted by Gasteiger charge is 2.24. The molecule has 37 heavy (non-hydrogen) atoms. The smallest absolute Gasteiger partial charge is 0.359 e. The van der Waals surface area contributed by atoms with Crippen molar-refractivity contribution in [2.45, 2.75) is 13.8 Å². The molecule has 2 aromatic carbocycles. The van der Waals surface area contributed by atoms with Crippen LogP contribution >= 0.6 is 22.9 Å². The van der Waals surface area contributed by atoms with Crippen molar-refractivity contribution < 1.29 is 24.0 Å². The van der Waals surface area contributed by atoms with Crippen LogP contribution < -0.4 is 15.6 Å². The summed E-state index contributed by atoms with van der Waals surface area (Å²) in [6.07, 6.45) is 0. The van der Waals surface area contributed by atoms with Gasteiger partial charge in [-0.3, -0.25) is 19.7 Å². The van der Waals surface area contributed by atoms with Gasteiger partial charge in [-0.2, -0.15) is 9.78 Å². The largest absolute Gasteiger partial charge is 0.494 e. The monoisotopic (exact) mass is 542 g/mol. The number of nitrogens with zero attached hydrogens (tertiary/aromatic N) is 3. The lowest BCUT2D eigenvalue weighted by molar-refractivity contribution is -0.384. The molecule has 0 unspecified atom stereocenters. The van der Waals surface area contributed by atoms with Gasteiger partial charge in [0.1, 0.15) is 15.8 Å². The Hall–Kier alpha value is -4.29. The van der Waals surface area contributed by atoms with Gasteiger partial charge in [0.05, 0.1) is 29.2 Å². The molecule has 0 atom stereocenters. The molecule has 4 aromatic rings. The van der Waals surface area contributed by atoms with Crippen molar-refractivity contribution in [1.82, 2.24) is 9.78 Å². The summed E-state index contributed by atoms with van der Waals surface area (Å²) >= 11 is 6.84. The second kappa shape index (κ2) is 10.8. The first kappa shape index (κ1) is 25.8. The van der Waals surface area contributed by atoms with Gasteiger partial charge in [-0.15, -0.1) is 11.3 Å². The van der Waals surface area contributed by atoms with Crippen LogP contribution in [0, 0.1) is 10.1 Å². The Morgan fingerprint density at radius 3 is 2.54 bits per heavy atom. The summed E-state index contributed by atoms with van der Waals surface area (Å²) in [5.41, 5.74) is -0.811. The first-order chi connectivity index (χ1) is 17.7. The highest BCUT2D eigenvalue weighted by atomic mass is 35.5. The number of thiophene rings is 1. The number of carbonyl (C=O) groups excluding carboxylic acids is 2. The Balaban J connectivity index is 1.83. The zero-order chi connectivity index (χ0) is 26.7. The number of halogens is 1. The molecule has 0 fully saturated rings. The summed E-state index contributed by atoms with van der Waals surface area (Å²) in [6, 6.07) is 10.1. The van der Waals surface area contributed by atoms with Crippen molar-refractivity contribution in [2.24, 2.45) is 0 Å². The summed E-state index contributed by atoms with van der Waals surface area (Å²) in [6.45, 7) is 4.04. The zero-order valence-corrected chi connectivity index (χ0v) is 21.1. The van der Waals surface area contributed by atoms with E-state index in [2.05, 4.69) is 10.4 Å². The SMILES string of the molecule is CCOC(=O)c1nn(-c2ccc(OCC)cc2)c(=O)c2c(NC(=O)c3ccc(Cl)c([N+](=O)[O-])c3)scc12. The van der Waals surface area contributed by atoms with Gasteiger partial charge in [0.25, 0.3) is 17.2 Å². The van der Waals surface area contributed by atoms with E-state index in [0.29, 0.717) is 18.0 Å². The van der Waals surface area contributed by atoms with Crippen LogP contribution in [0.25, 0.3) is 16.5 Å². The van der Waals surface area contributed by atoms with E-state index in [1.54, 1.807) is 31.2 Å². The molecule has 1 amide bonds. The van der Waals surface area contributed by atoms with Crippen molar-refractivity contribution in [3.8, 4) is 11.4 Å². The van der Waals surface area contributed by atoms with Gasteiger partial charge in [-0.25, -0.2) is 4.79 Å².